The van der Waals surface area contributed by atoms with Crippen LogP contribution in [0.15, 0.2) is 36.4 Å². The monoisotopic (exact) mass is 408 g/mol. The van der Waals surface area contributed by atoms with Gasteiger partial charge in [-0.15, -0.1) is 0 Å². The largest absolute Gasteiger partial charge is 0.869 e. The van der Waals surface area contributed by atoms with Gasteiger partial charge in [-0.25, -0.2) is 9.78 Å². The van der Waals surface area contributed by atoms with Gasteiger partial charge in [-0.2, -0.15) is 0 Å². The summed E-state index contributed by atoms with van der Waals surface area (Å²) < 4.78 is 5.13. The Hall–Kier alpha value is -3.05. The van der Waals surface area contributed by atoms with Gasteiger partial charge in [-0.05, 0) is 65.5 Å². The van der Waals surface area contributed by atoms with Crippen molar-refractivity contribution in [2.75, 3.05) is 7.11 Å². The lowest BCUT2D eigenvalue weighted by Gasteiger charge is -2.26. The maximum atomic E-state index is 12.1. The molecule has 0 bridgehead atoms. The molecule has 1 N–H and O–H groups in total. The first-order valence-corrected chi connectivity index (χ1v) is 9.67. The average Bonchev–Trinajstić information content (AvgIpc) is 2.68. The molecule has 0 saturated carbocycles. The topological polar surface area (TPSA) is 82.5 Å². The summed E-state index contributed by atoms with van der Waals surface area (Å²) >= 11 is 6.07. The van der Waals surface area contributed by atoms with Gasteiger partial charge < -0.3 is 14.9 Å². The molecule has 5 nitrogen and oxygen atoms in total. The lowest BCUT2D eigenvalue weighted by atomic mass is 9.80. The first-order valence-electron chi connectivity index (χ1n) is 9.29. The number of halogens is 1. The van der Waals surface area contributed by atoms with Gasteiger partial charge in [0.2, 0.25) is 0 Å². The molecule has 0 spiro atoms. The SMILES string of the molecule is COc1cc(/C=C2\C[C@H](C)Cc3c2nc2ccccc2c3C(=O)O)cc(Cl)c1[O-]. The highest BCUT2D eigenvalue weighted by Crippen LogP contribution is 2.40. The van der Waals surface area contributed by atoms with Crippen LogP contribution in [0.2, 0.25) is 5.02 Å². The normalized spacial score (nSPS) is 17.3. The lowest BCUT2D eigenvalue weighted by Crippen LogP contribution is -2.17. The van der Waals surface area contributed by atoms with Gasteiger partial charge in [0.15, 0.2) is 0 Å². The fourth-order valence-corrected chi connectivity index (χ4v) is 4.22. The van der Waals surface area contributed by atoms with E-state index in [4.69, 9.17) is 21.3 Å². The van der Waals surface area contributed by atoms with E-state index in [9.17, 15) is 15.0 Å². The smallest absolute Gasteiger partial charge is 0.336 e. The molecule has 1 heterocycles. The van der Waals surface area contributed by atoms with Crippen molar-refractivity contribution < 1.29 is 19.7 Å². The first kappa shape index (κ1) is 19.3. The number of ether oxygens (including phenoxy) is 1. The Kier molecular flexibility index (Phi) is 4.92. The van der Waals surface area contributed by atoms with E-state index in [0.717, 1.165) is 17.6 Å². The molecule has 0 amide bonds. The highest BCUT2D eigenvalue weighted by molar-refractivity contribution is 6.32. The highest BCUT2D eigenvalue weighted by Gasteiger charge is 2.27. The predicted molar refractivity (Wildman–Crippen MR) is 112 cm³/mol. The van der Waals surface area contributed by atoms with Crippen molar-refractivity contribution in [3.63, 3.8) is 0 Å². The fraction of sp³-hybridized carbons (Fsp3) is 0.217. The Morgan fingerprint density at radius 1 is 1.31 bits per heavy atom. The van der Waals surface area contributed by atoms with E-state index < -0.39 is 5.97 Å². The predicted octanol–water partition coefficient (Wildman–Crippen LogP) is 4.79. The molecule has 148 valence electrons. The summed E-state index contributed by atoms with van der Waals surface area (Å²) in [5, 5.41) is 22.7. The van der Waals surface area contributed by atoms with Crippen LogP contribution in [0, 0.1) is 5.92 Å². The summed E-state index contributed by atoms with van der Waals surface area (Å²) in [7, 11) is 1.43. The van der Waals surface area contributed by atoms with Crippen LogP contribution in [-0.2, 0) is 6.42 Å². The summed E-state index contributed by atoms with van der Waals surface area (Å²) in [6, 6.07) is 10.5. The van der Waals surface area contributed by atoms with E-state index >= 15 is 0 Å². The molecule has 4 rings (SSSR count). The lowest BCUT2D eigenvalue weighted by molar-refractivity contribution is -0.269. The average molecular weight is 409 g/mol. The van der Waals surface area contributed by atoms with Crippen molar-refractivity contribution in [1.82, 2.24) is 4.98 Å². The Morgan fingerprint density at radius 2 is 2.07 bits per heavy atom. The van der Waals surface area contributed by atoms with Gasteiger partial charge in [-0.3, -0.25) is 0 Å². The van der Waals surface area contributed by atoms with E-state index in [-0.39, 0.29) is 22.4 Å². The molecule has 29 heavy (non-hydrogen) atoms. The summed E-state index contributed by atoms with van der Waals surface area (Å²) in [5.41, 5.74) is 4.04. The number of nitrogens with zero attached hydrogens (tertiary/aromatic N) is 1. The van der Waals surface area contributed by atoms with Gasteiger partial charge in [0.1, 0.15) is 5.75 Å². The summed E-state index contributed by atoms with van der Waals surface area (Å²) in [4.78, 5) is 16.9. The Bertz CT molecular complexity index is 1170. The van der Waals surface area contributed by atoms with E-state index in [1.54, 1.807) is 18.2 Å². The molecule has 1 aliphatic carbocycles. The summed E-state index contributed by atoms with van der Waals surface area (Å²) in [5.74, 6) is -0.878. The second-order valence-electron chi connectivity index (χ2n) is 7.35. The molecule has 0 fully saturated rings. The number of aromatic carboxylic acids is 1. The number of allylic oxidation sites excluding steroid dienone is 1. The number of rotatable bonds is 3. The van der Waals surface area contributed by atoms with E-state index in [1.165, 1.54) is 7.11 Å². The van der Waals surface area contributed by atoms with Crippen molar-refractivity contribution in [2.24, 2.45) is 5.92 Å². The van der Waals surface area contributed by atoms with Gasteiger partial charge in [0.05, 0.1) is 23.9 Å². The number of para-hydroxylation sites is 1. The molecular formula is C23H19ClNO4-. The maximum Gasteiger partial charge on any atom is 0.336 e. The number of carboxylic acids is 1. The van der Waals surface area contributed by atoms with Crippen LogP contribution in [0.1, 0.15) is 40.5 Å². The van der Waals surface area contributed by atoms with Crippen molar-refractivity contribution in [1.29, 1.82) is 0 Å². The van der Waals surface area contributed by atoms with Crippen LogP contribution in [0.4, 0.5) is 0 Å². The van der Waals surface area contributed by atoms with Gasteiger partial charge in [0.25, 0.3) is 0 Å². The minimum absolute atomic E-state index is 0.0815. The molecule has 1 atom stereocenters. The Morgan fingerprint density at radius 3 is 2.79 bits per heavy atom. The molecular weight excluding hydrogens is 390 g/mol. The van der Waals surface area contributed by atoms with Crippen LogP contribution < -0.4 is 9.84 Å². The van der Waals surface area contributed by atoms with Crippen LogP contribution >= 0.6 is 11.6 Å². The quantitative estimate of drug-likeness (QED) is 0.673. The molecule has 0 saturated heterocycles. The molecule has 0 unspecified atom stereocenters. The number of pyridine rings is 1. The van der Waals surface area contributed by atoms with Crippen molar-refractivity contribution in [3.05, 3.63) is 63.8 Å². The van der Waals surface area contributed by atoms with Crippen LogP contribution in [0.25, 0.3) is 22.6 Å². The Balaban J connectivity index is 1.97. The van der Waals surface area contributed by atoms with Crippen LogP contribution in [0.5, 0.6) is 11.5 Å². The minimum atomic E-state index is -0.950. The van der Waals surface area contributed by atoms with Gasteiger partial charge in [-0.1, -0.05) is 36.7 Å². The molecule has 6 heteroatoms. The maximum absolute atomic E-state index is 12.1. The third-order valence-corrected chi connectivity index (χ3v) is 5.51. The van der Waals surface area contributed by atoms with Crippen LogP contribution in [0.3, 0.4) is 0 Å². The van der Waals surface area contributed by atoms with Crippen LogP contribution in [-0.4, -0.2) is 23.2 Å². The number of fused-ring (bicyclic) bond motifs is 2. The van der Waals surface area contributed by atoms with E-state index in [2.05, 4.69) is 6.92 Å². The number of methoxy groups -OCH3 is 1. The van der Waals surface area contributed by atoms with E-state index in [0.29, 0.717) is 34.1 Å². The highest BCUT2D eigenvalue weighted by atomic mass is 35.5. The summed E-state index contributed by atoms with van der Waals surface area (Å²) in [6.45, 7) is 2.09. The molecule has 0 aliphatic heterocycles. The number of carbonyl (C=O) groups is 1. The zero-order valence-corrected chi connectivity index (χ0v) is 16.8. The van der Waals surface area contributed by atoms with Crippen molar-refractivity contribution >= 4 is 40.1 Å². The Labute approximate surface area is 173 Å². The summed E-state index contributed by atoms with van der Waals surface area (Å²) in [6.07, 6.45) is 3.31. The van der Waals surface area contributed by atoms with Crippen molar-refractivity contribution in [3.8, 4) is 11.5 Å². The molecule has 2 aromatic carbocycles. The second-order valence-corrected chi connectivity index (χ2v) is 7.76. The molecule has 0 radical (unpaired) electrons. The number of aromatic nitrogens is 1. The van der Waals surface area contributed by atoms with Gasteiger partial charge in [0, 0.05) is 10.4 Å². The first-order chi connectivity index (χ1) is 13.9. The second kappa shape index (κ2) is 7.41. The fourth-order valence-electron chi connectivity index (χ4n) is 4.00. The molecule has 1 aromatic heterocycles. The third-order valence-electron chi connectivity index (χ3n) is 5.22. The standard InChI is InChI=1S/C23H20ClNO4/c1-12-7-14(9-13-10-17(24)22(26)19(11-13)29-2)21-16(8-12)20(23(27)28)15-5-3-4-6-18(15)25-21/h3-6,9-12,26H,7-8H2,1-2H3,(H,27,28)/p-1/b14-9+/t12-/m0/s1. The zero-order valence-electron chi connectivity index (χ0n) is 16.0. The minimum Gasteiger partial charge on any atom is -0.869 e. The number of benzene rings is 2. The number of hydrogen-bond acceptors (Lipinski definition) is 4. The molecule has 1 aliphatic rings. The third kappa shape index (κ3) is 3.42. The molecule has 3 aromatic rings. The van der Waals surface area contributed by atoms with Gasteiger partial charge >= 0.3 is 5.97 Å². The van der Waals surface area contributed by atoms with E-state index in [1.807, 2.05) is 24.3 Å². The zero-order chi connectivity index (χ0) is 20.7. The number of carboxylic acid groups (broad SMARTS) is 1. The number of hydrogen-bond donors (Lipinski definition) is 1. The van der Waals surface area contributed by atoms with Crippen molar-refractivity contribution in [2.45, 2.75) is 19.8 Å².